The molecule has 0 saturated heterocycles. The number of allylic oxidation sites excluding steroid dienone is 2. The summed E-state index contributed by atoms with van der Waals surface area (Å²) in [7, 11) is 0. The van der Waals surface area contributed by atoms with E-state index in [1.165, 1.54) is 10.9 Å². The predicted octanol–water partition coefficient (Wildman–Crippen LogP) is 3.09. The maximum absolute atomic E-state index is 3.46. The first kappa shape index (κ1) is 6.34. The molecule has 0 N–H and O–H groups in total. The molecular weight excluding hydrogens is 164 g/mol. The summed E-state index contributed by atoms with van der Waals surface area (Å²) in [6, 6.07) is 0. The Bertz CT molecular complexity index is 137. The molecule has 0 saturated carbocycles. The largest absolute Gasteiger partial charge is 0.0564 e. The molecular formula is C7H11Br. The van der Waals surface area contributed by atoms with E-state index in [1.54, 1.807) is 5.57 Å². The number of halogens is 1. The lowest BCUT2D eigenvalue weighted by Crippen LogP contribution is -2.00. The standard InChI is InChI=1S/C7H11Br/c1-7(2,3)5-4-6(5)8/h4H2,1-3H3. The average Bonchev–Trinajstić information content (AvgIpc) is 2.13. The zero-order chi connectivity index (χ0) is 6.36. The Morgan fingerprint density at radius 3 is 1.75 bits per heavy atom. The molecule has 0 heterocycles. The van der Waals surface area contributed by atoms with Crippen molar-refractivity contribution in [3.05, 3.63) is 10.1 Å². The Morgan fingerprint density at radius 1 is 1.38 bits per heavy atom. The Hall–Kier alpha value is 0.220. The topological polar surface area (TPSA) is 0 Å². The van der Waals surface area contributed by atoms with Crippen LogP contribution in [0.3, 0.4) is 0 Å². The third-order valence-electron chi connectivity index (χ3n) is 1.44. The molecule has 8 heavy (non-hydrogen) atoms. The van der Waals surface area contributed by atoms with Gasteiger partial charge in [0.2, 0.25) is 0 Å². The fraction of sp³-hybridized carbons (Fsp3) is 0.714. The summed E-state index contributed by atoms with van der Waals surface area (Å²) < 4.78 is 1.42. The highest BCUT2D eigenvalue weighted by Gasteiger charge is 2.29. The molecule has 0 fully saturated rings. The first-order valence-electron chi connectivity index (χ1n) is 2.90. The van der Waals surface area contributed by atoms with E-state index < -0.39 is 0 Å². The van der Waals surface area contributed by atoms with Gasteiger partial charge in [0.05, 0.1) is 0 Å². The summed E-state index contributed by atoms with van der Waals surface area (Å²) in [6.07, 6.45) is 1.21. The fourth-order valence-electron chi connectivity index (χ4n) is 0.783. The normalized spacial score (nSPS) is 19.5. The van der Waals surface area contributed by atoms with Crippen molar-refractivity contribution in [2.24, 2.45) is 5.41 Å². The maximum atomic E-state index is 3.46. The van der Waals surface area contributed by atoms with Gasteiger partial charge in [-0.15, -0.1) is 0 Å². The van der Waals surface area contributed by atoms with Gasteiger partial charge in [0.1, 0.15) is 0 Å². The second-order valence-electron chi connectivity index (χ2n) is 3.31. The predicted molar refractivity (Wildman–Crippen MR) is 40.0 cm³/mol. The van der Waals surface area contributed by atoms with Gasteiger partial charge in [-0.3, -0.25) is 0 Å². The van der Waals surface area contributed by atoms with Gasteiger partial charge in [-0.1, -0.05) is 36.7 Å². The highest BCUT2D eigenvalue weighted by molar-refractivity contribution is 9.12. The molecule has 46 valence electrons. The molecule has 0 spiro atoms. The number of rotatable bonds is 0. The molecule has 0 aromatic heterocycles. The van der Waals surface area contributed by atoms with Crippen molar-refractivity contribution in [1.29, 1.82) is 0 Å². The Kier molecular flexibility index (Phi) is 1.27. The third-order valence-corrected chi connectivity index (χ3v) is 2.20. The Morgan fingerprint density at radius 2 is 1.75 bits per heavy atom. The van der Waals surface area contributed by atoms with Crippen molar-refractivity contribution in [3.8, 4) is 0 Å². The van der Waals surface area contributed by atoms with E-state index in [4.69, 9.17) is 0 Å². The van der Waals surface area contributed by atoms with Crippen LogP contribution < -0.4 is 0 Å². The summed E-state index contributed by atoms with van der Waals surface area (Å²) in [4.78, 5) is 0. The molecule has 0 unspecified atom stereocenters. The zero-order valence-electron chi connectivity index (χ0n) is 5.59. The van der Waals surface area contributed by atoms with Gasteiger partial charge in [-0.2, -0.15) is 0 Å². The van der Waals surface area contributed by atoms with Crippen molar-refractivity contribution >= 4 is 15.9 Å². The molecule has 0 atom stereocenters. The van der Waals surface area contributed by atoms with Gasteiger partial charge in [0, 0.05) is 6.42 Å². The average molecular weight is 175 g/mol. The third kappa shape index (κ3) is 1.13. The van der Waals surface area contributed by atoms with Gasteiger partial charge >= 0.3 is 0 Å². The molecule has 1 rings (SSSR count). The summed E-state index contributed by atoms with van der Waals surface area (Å²) in [6.45, 7) is 6.74. The van der Waals surface area contributed by atoms with Crippen LogP contribution in [-0.4, -0.2) is 0 Å². The minimum atomic E-state index is 0.416. The molecule has 1 heteroatoms. The van der Waals surface area contributed by atoms with Gasteiger partial charge in [-0.05, 0) is 15.5 Å². The molecule has 0 aromatic rings. The van der Waals surface area contributed by atoms with Crippen molar-refractivity contribution in [3.63, 3.8) is 0 Å². The Labute approximate surface area is 59.1 Å². The molecule has 0 bridgehead atoms. The summed E-state index contributed by atoms with van der Waals surface area (Å²) in [5.41, 5.74) is 2.00. The first-order chi connectivity index (χ1) is 3.52. The number of hydrogen-bond acceptors (Lipinski definition) is 0. The van der Waals surface area contributed by atoms with Crippen LogP contribution in [0.25, 0.3) is 0 Å². The van der Waals surface area contributed by atoms with Crippen LogP contribution in [0.4, 0.5) is 0 Å². The lowest BCUT2D eigenvalue weighted by atomic mass is 9.93. The molecule has 0 nitrogen and oxygen atoms in total. The summed E-state index contributed by atoms with van der Waals surface area (Å²) in [5, 5.41) is 0. The van der Waals surface area contributed by atoms with E-state index in [0.29, 0.717) is 5.41 Å². The van der Waals surface area contributed by atoms with Gasteiger partial charge in [0.15, 0.2) is 0 Å². The van der Waals surface area contributed by atoms with Gasteiger partial charge < -0.3 is 0 Å². The van der Waals surface area contributed by atoms with Crippen LogP contribution in [0.15, 0.2) is 10.1 Å². The van der Waals surface area contributed by atoms with Crippen molar-refractivity contribution in [2.45, 2.75) is 27.2 Å². The molecule has 0 aromatic carbocycles. The maximum Gasteiger partial charge on any atom is 0.00156 e. The van der Waals surface area contributed by atoms with E-state index in [1.807, 2.05) is 0 Å². The molecule has 0 amide bonds. The monoisotopic (exact) mass is 174 g/mol. The van der Waals surface area contributed by atoms with E-state index in [9.17, 15) is 0 Å². The molecule has 1 aliphatic rings. The number of hydrogen-bond donors (Lipinski definition) is 0. The minimum Gasteiger partial charge on any atom is -0.0564 e. The van der Waals surface area contributed by atoms with E-state index in [2.05, 4.69) is 36.7 Å². The first-order valence-corrected chi connectivity index (χ1v) is 3.69. The van der Waals surface area contributed by atoms with Crippen LogP contribution in [0.2, 0.25) is 0 Å². The highest BCUT2D eigenvalue weighted by atomic mass is 79.9. The second kappa shape index (κ2) is 1.60. The van der Waals surface area contributed by atoms with Crippen molar-refractivity contribution < 1.29 is 0 Å². The SMILES string of the molecule is CC(C)(C)C1=C(Br)C1. The smallest absolute Gasteiger partial charge is 0.00156 e. The van der Waals surface area contributed by atoms with Crippen LogP contribution >= 0.6 is 15.9 Å². The summed E-state index contributed by atoms with van der Waals surface area (Å²) >= 11 is 3.46. The van der Waals surface area contributed by atoms with Gasteiger partial charge in [0.25, 0.3) is 0 Å². The minimum absolute atomic E-state index is 0.416. The summed E-state index contributed by atoms with van der Waals surface area (Å²) in [5.74, 6) is 0. The van der Waals surface area contributed by atoms with E-state index in [0.717, 1.165) is 0 Å². The van der Waals surface area contributed by atoms with Crippen molar-refractivity contribution in [1.82, 2.24) is 0 Å². The zero-order valence-corrected chi connectivity index (χ0v) is 7.17. The quantitative estimate of drug-likeness (QED) is 0.530. The molecule has 0 aliphatic heterocycles. The van der Waals surface area contributed by atoms with Crippen LogP contribution in [-0.2, 0) is 0 Å². The molecule has 1 aliphatic carbocycles. The van der Waals surface area contributed by atoms with E-state index in [-0.39, 0.29) is 0 Å². The Balaban J connectivity index is 2.63. The van der Waals surface area contributed by atoms with Crippen LogP contribution in [0, 0.1) is 5.41 Å². The van der Waals surface area contributed by atoms with E-state index >= 15 is 0 Å². The van der Waals surface area contributed by atoms with Crippen LogP contribution in [0.1, 0.15) is 27.2 Å². The van der Waals surface area contributed by atoms with Gasteiger partial charge in [-0.25, -0.2) is 0 Å². The van der Waals surface area contributed by atoms with Crippen molar-refractivity contribution in [2.75, 3.05) is 0 Å². The highest BCUT2D eigenvalue weighted by Crippen LogP contribution is 2.47. The molecule has 0 radical (unpaired) electrons. The lowest BCUT2D eigenvalue weighted by molar-refractivity contribution is 0.519. The second-order valence-corrected chi connectivity index (χ2v) is 4.27. The lowest BCUT2D eigenvalue weighted by Gasteiger charge is -2.12. The van der Waals surface area contributed by atoms with Crippen LogP contribution in [0.5, 0.6) is 0 Å². The fourth-order valence-corrected chi connectivity index (χ4v) is 1.66.